The van der Waals surface area contributed by atoms with Gasteiger partial charge in [-0.3, -0.25) is 14.6 Å². The van der Waals surface area contributed by atoms with Gasteiger partial charge < -0.3 is 14.8 Å². The summed E-state index contributed by atoms with van der Waals surface area (Å²) in [4.78, 5) is 12.6. The maximum Gasteiger partial charge on any atom is 0.279 e. The van der Waals surface area contributed by atoms with E-state index in [1.54, 1.807) is 18.2 Å². The molecule has 11 heteroatoms. The number of carbonyl (C=O) groups is 1. The lowest BCUT2D eigenvalue weighted by molar-refractivity contribution is 0.0947. The summed E-state index contributed by atoms with van der Waals surface area (Å²) in [6.07, 6.45) is 1.11. The van der Waals surface area contributed by atoms with Crippen LogP contribution in [0.2, 0.25) is 0 Å². The van der Waals surface area contributed by atoms with E-state index in [9.17, 15) is 17.6 Å². The monoisotopic (exact) mass is 434 g/mol. The van der Waals surface area contributed by atoms with Crippen LogP contribution in [-0.4, -0.2) is 38.7 Å². The number of aromatic nitrogens is 2. The standard InChI is InChI=1S/C19H19FN4O5S/c1-28-16-8-3-12(9-17(16)29-2)10-21-18(25)15-11-22-23-19(15)30(26,27)24-14-6-4-13(20)5-7-14/h3-9,11,24H,10H2,1-2H3,(H,21,25)(H,22,23). The highest BCUT2D eigenvalue weighted by molar-refractivity contribution is 7.92. The van der Waals surface area contributed by atoms with Crippen LogP contribution >= 0.6 is 0 Å². The van der Waals surface area contributed by atoms with E-state index >= 15 is 0 Å². The molecule has 0 spiro atoms. The number of rotatable bonds is 8. The molecular formula is C19H19FN4O5S. The third kappa shape index (κ3) is 4.69. The zero-order chi connectivity index (χ0) is 21.7. The summed E-state index contributed by atoms with van der Waals surface area (Å²) in [5.74, 6) is -0.102. The third-order valence-electron chi connectivity index (χ3n) is 4.12. The fraction of sp³-hybridized carbons (Fsp3) is 0.158. The van der Waals surface area contributed by atoms with Crippen molar-refractivity contribution in [1.29, 1.82) is 0 Å². The minimum atomic E-state index is -4.15. The fourth-order valence-electron chi connectivity index (χ4n) is 2.63. The van der Waals surface area contributed by atoms with E-state index in [1.165, 1.54) is 26.4 Å². The van der Waals surface area contributed by atoms with Crippen molar-refractivity contribution in [3.05, 3.63) is 65.6 Å². The van der Waals surface area contributed by atoms with Gasteiger partial charge in [-0.2, -0.15) is 13.5 Å². The van der Waals surface area contributed by atoms with Crippen molar-refractivity contribution in [2.75, 3.05) is 18.9 Å². The highest BCUT2D eigenvalue weighted by Gasteiger charge is 2.25. The van der Waals surface area contributed by atoms with E-state index in [4.69, 9.17) is 9.47 Å². The summed E-state index contributed by atoms with van der Waals surface area (Å²) < 4.78 is 50.9. The molecule has 2 aromatic carbocycles. The summed E-state index contributed by atoms with van der Waals surface area (Å²) in [5, 5.41) is 8.22. The van der Waals surface area contributed by atoms with Gasteiger partial charge in [-0.05, 0) is 42.0 Å². The number of benzene rings is 2. The zero-order valence-electron chi connectivity index (χ0n) is 16.1. The molecule has 158 valence electrons. The van der Waals surface area contributed by atoms with Crippen molar-refractivity contribution in [3.63, 3.8) is 0 Å². The first-order chi connectivity index (χ1) is 14.3. The molecule has 0 radical (unpaired) electrons. The van der Waals surface area contributed by atoms with Gasteiger partial charge in [0.1, 0.15) is 5.82 Å². The van der Waals surface area contributed by atoms with Crippen LogP contribution < -0.4 is 19.5 Å². The van der Waals surface area contributed by atoms with Crippen LogP contribution in [0, 0.1) is 5.82 Å². The molecule has 0 fully saturated rings. The molecule has 1 aromatic heterocycles. The van der Waals surface area contributed by atoms with Crippen LogP contribution in [0.25, 0.3) is 0 Å². The quantitative estimate of drug-likeness (QED) is 0.500. The Labute approximate surface area is 172 Å². The van der Waals surface area contributed by atoms with Gasteiger partial charge in [0.25, 0.3) is 15.9 Å². The van der Waals surface area contributed by atoms with E-state index in [0.29, 0.717) is 11.5 Å². The van der Waals surface area contributed by atoms with Crippen molar-refractivity contribution >= 4 is 21.6 Å². The molecule has 1 heterocycles. The third-order valence-corrected chi connectivity index (χ3v) is 5.47. The number of H-pyrrole nitrogens is 1. The number of nitrogens with zero attached hydrogens (tertiary/aromatic N) is 1. The molecule has 0 aliphatic carbocycles. The van der Waals surface area contributed by atoms with Gasteiger partial charge in [0, 0.05) is 12.2 Å². The van der Waals surface area contributed by atoms with Gasteiger partial charge in [-0.1, -0.05) is 6.07 Å². The number of halogens is 1. The lowest BCUT2D eigenvalue weighted by atomic mass is 10.2. The molecule has 0 saturated carbocycles. The summed E-state index contributed by atoms with van der Waals surface area (Å²) in [7, 11) is -1.14. The van der Waals surface area contributed by atoms with Gasteiger partial charge in [0.15, 0.2) is 16.5 Å². The average Bonchev–Trinajstić information content (AvgIpc) is 3.24. The Morgan fingerprint density at radius 3 is 2.47 bits per heavy atom. The number of methoxy groups -OCH3 is 2. The molecule has 0 aliphatic rings. The Kier molecular flexibility index (Phi) is 6.21. The first-order valence-electron chi connectivity index (χ1n) is 8.65. The number of hydrogen-bond acceptors (Lipinski definition) is 6. The number of nitrogens with one attached hydrogen (secondary N) is 3. The van der Waals surface area contributed by atoms with E-state index in [1.807, 2.05) is 0 Å². The fourth-order valence-corrected chi connectivity index (χ4v) is 3.79. The van der Waals surface area contributed by atoms with E-state index in [2.05, 4.69) is 20.2 Å². The Balaban J connectivity index is 1.74. The predicted octanol–water partition coefficient (Wildman–Crippen LogP) is 2.30. The molecule has 0 aliphatic heterocycles. The van der Waals surface area contributed by atoms with Gasteiger partial charge in [0.2, 0.25) is 0 Å². The Morgan fingerprint density at radius 2 is 1.80 bits per heavy atom. The van der Waals surface area contributed by atoms with Crippen molar-refractivity contribution in [2.45, 2.75) is 11.6 Å². The molecule has 1 amide bonds. The summed E-state index contributed by atoms with van der Waals surface area (Å²) in [6, 6.07) is 9.89. The van der Waals surface area contributed by atoms with Crippen molar-refractivity contribution < 1.29 is 27.1 Å². The minimum Gasteiger partial charge on any atom is -0.493 e. The van der Waals surface area contributed by atoms with Gasteiger partial charge in [-0.25, -0.2) is 4.39 Å². The van der Waals surface area contributed by atoms with Crippen LogP contribution in [0.5, 0.6) is 11.5 Å². The average molecular weight is 434 g/mol. The first kappa shape index (κ1) is 21.1. The van der Waals surface area contributed by atoms with Crippen LogP contribution in [0.15, 0.2) is 53.7 Å². The Hall–Kier alpha value is -3.60. The van der Waals surface area contributed by atoms with E-state index < -0.39 is 26.8 Å². The second-order valence-corrected chi connectivity index (χ2v) is 7.72. The van der Waals surface area contributed by atoms with Crippen molar-refractivity contribution in [3.8, 4) is 11.5 Å². The molecule has 0 unspecified atom stereocenters. The highest BCUT2D eigenvalue weighted by Crippen LogP contribution is 2.27. The maximum atomic E-state index is 13.0. The lowest BCUT2D eigenvalue weighted by Crippen LogP contribution is -2.25. The molecule has 9 nitrogen and oxygen atoms in total. The largest absolute Gasteiger partial charge is 0.493 e. The minimum absolute atomic E-state index is 0.120. The SMILES string of the molecule is COc1ccc(CNC(=O)c2cn[nH]c2S(=O)(=O)Nc2ccc(F)cc2)cc1OC. The normalized spacial score (nSPS) is 11.0. The molecule has 0 atom stereocenters. The van der Waals surface area contributed by atoms with E-state index in [-0.39, 0.29) is 17.8 Å². The molecular weight excluding hydrogens is 415 g/mol. The number of sulfonamides is 1. The maximum absolute atomic E-state index is 13.0. The van der Waals surface area contributed by atoms with Gasteiger partial charge in [-0.15, -0.1) is 0 Å². The van der Waals surface area contributed by atoms with Crippen LogP contribution in [0.4, 0.5) is 10.1 Å². The highest BCUT2D eigenvalue weighted by atomic mass is 32.2. The second kappa shape index (κ2) is 8.82. The van der Waals surface area contributed by atoms with E-state index in [0.717, 1.165) is 23.9 Å². The summed E-state index contributed by atoms with van der Waals surface area (Å²) >= 11 is 0. The molecule has 3 rings (SSSR count). The molecule has 3 aromatic rings. The van der Waals surface area contributed by atoms with Gasteiger partial charge >= 0.3 is 0 Å². The zero-order valence-corrected chi connectivity index (χ0v) is 16.9. The number of amides is 1. The second-order valence-electron chi connectivity index (χ2n) is 6.10. The lowest BCUT2D eigenvalue weighted by Gasteiger charge is -2.11. The van der Waals surface area contributed by atoms with Gasteiger partial charge in [0.05, 0.1) is 26.0 Å². The smallest absolute Gasteiger partial charge is 0.279 e. The van der Waals surface area contributed by atoms with Crippen molar-refractivity contribution in [2.24, 2.45) is 0 Å². The Bertz CT molecular complexity index is 1150. The number of carbonyl (C=O) groups excluding carboxylic acids is 1. The number of hydrogen-bond donors (Lipinski definition) is 3. The number of ether oxygens (including phenoxy) is 2. The summed E-state index contributed by atoms with van der Waals surface area (Å²) in [5.41, 5.74) is 0.700. The molecule has 0 bridgehead atoms. The molecule has 0 saturated heterocycles. The van der Waals surface area contributed by atoms with Crippen LogP contribution in [-0.2, 0) is 16.6 Å². The number of aromatic amines is 1. The molecule has 3 N–H and O–H groups in total. The first-order valence-corrected chi connectivity index (χ1v) is 10.1. The van der Waals surface area contributed by atoms with Crippen LogP contribution in [0.1, 0.15) is 15.9 Å². The summed E-state index contributed by atoms with van der Waals surface area (Å²) in [6.45, 7) is 0.120. The Morgan fingerprint density at radius 1 is 1.10 bits per heavy atom. The van der Waals surface area contributed by atoms with Crippen LogP contribution in [0.3, 0.4) is 0 Å². The molecule has 30 heavy (non-hydrogen) atoms. The number of anilines is 1. The topological polar surface area (TPSA) is 122 Å². The predicted molar refractivity (Wildman–Crippen MR) is 107 cm³/mol. The van der Waals surface area contributed by atoms with Crippen molar-refractivity contribution in [1.82, 2.24) is 15.5 Å².